The molecule has 9 nitrogen and oxygen atoms in total. The third-order valence-electron chi connectivity index (χ3n) is 9.31. The highest BCUT2D eigenvalue weighted by atomic mass is 32.1. The summed E-state index contributed by atoms with van der Waals surface area (Å²) in [5.74, 6) is -1.66. The SMILES string of the molecule is CC(C)C(=O)N1CCCC1.CCNc1nc(OC)nc2c(F)c(-c3ccc(F)c4sc(N)c(C#N)c34)c(C(F)(F)F)cc12.FC1CC2CCCN2C1. The maximum Gasteiger partial charge on any atom is 0.417 e. The monoisotopic (exact) mass is 749 g/mol. The first-order valence-electron chi connectivity index (χ1n) is 17.2. The molecular formula is C36H41F6N7O2S. The number of rotatable bonds is 5. The maximum absolute atomic E-state index is 15.9. The molecule has 3 aliphatic heterocycles. The van der Waals surface area contributed by atoms with Crippen molar-refractivity contribution in [2.45, 2.75) is 71.3 Å². The standard InChI is InChI=1S/C21H14F5N5OS.C8H15NO.C7H12FN/c1-3-29-19-9-6-11(21(24,25)26)14(15(23)16(9)30-20(31-19)32-2)8-4-5-12(22)17-13(8)10(7-27)18(28)33-17;1-7(2)8(10)9-5-3-4-6-9;8-6-4-7-2-1-3-9(7)5-6/h4-6H,3,28H2,1-2H3,(H,29,30,31);7H,3-6H2,1-2H3;6-7H,1-5H2. The molecule has 3 aliphatic rings. The van der Waals surface area contributed by atoms with Crippen molar-refractivity contribution < 1.29 is 35.9 Å². The van der Waals surface area contributed by atoms with Gasteiger partial charge >= 0.3 is 12.2 Å². The van der Waals surface area contributed by atoms with Gasteiger partial charge in [-0.05, 0) is 63.3 Å². The van der Waals surface area contributed by atoms with Crippen molar-refractivity contribution >= 4 is 49.1 Å². The largest absolute Gasteiger partial charge is 0.467 e. The van der Waals surface area contributed by atoms with Gasteiger partial charge in [-0.3, -0.25) is 9.69 Å². The smallest absolute Gasteiger partial charge is 0.417 e. The van der Waals surface area contributed by atoms with Crippen LogP contribution in [0.2, 0.25) is 0 Å². The number of nitrogens with two attached hydrogens (primary N) is 1. The lowest BCUT2D eigenvalue weighted by Crippen LogP contribution is -2.31. The summed E-state index contributed by atoms with van der Waals surface area (Å²) in [5, 5.41) is 11.8. The fourth-order valence-corrected chi connectivity index (χ4v) is 7.87. The van der Waals surface area contributed by atoms with Crippen LogP contribution in [0.25, 0.3) is 32.1 Å². The van der Waals surface area contributed by atoms with Gasteiger partial charge in [0.05, 0.1) is 22.9 Å². The predicted octanol–water partition coefficient (Wildman–Crippen LogP) is 8.16. The van der Waals surface area contributed by atoms with E-state index in [9.17, 15) is 32.0 Å². The summed E-state index contributed by atoms with van der Waals surface area (Å²) in [5.41, 5.74) is 2.59. The minimum Gasteiger partial charge on any atom is -0.467 e. The van der Waals surface area contributed by atoms with Crippen LogP contribution in [0.5, 0.6) is 6.01 Å². The van der Waals surface area contributed by atoms with E-state index in [-0.39, 0.29) is 55.9 Å². The summed E-state index contributed by atoms with van der Waals surface area (Å²) in [6.45, 7) is 9.72. The van der Waals surface area contributed by atoms with Crippen molar-refractivity contribution in [1.82, 2.24) is 19.8 Å². The van der Waals surface area contributed by atoms with Crippen molar-refractivity contribution in [3.8, 4) is 23.2 Å². The number of hydrogen-bond donors (Lipinski definition) is 2. The minimum absolute atomic E-state index is 0.0444. The third kappa shape index (κ3) is 8.00. The number of fused-ring (bicyclic) bond motifs is 3. The van der Waals surface area contributed by atoms with Crippen molar-refractivity contribution in [3.63, 3.8) is 0 Å². The third-order valence-corrected chi connectivity index (χ3v) is 10.3. The van der Waals surface area contributed by atoms with Gasteiger partial charge < -0.3 is 20.7 Å². The Morgan fingerprint density at radius 2 is 1.88 bits per heavy atom. The molecule has 0 spiro atoms. The summed E-state index contributed by atoms with van der Waals surface area (Å²) in [4.78, 5) is 23.4. The number of carbonyl (C=O) groups is 1. The molecule has 2 aromatic carbocycles. The summed E-state index contributed by atoms with van der Waals surface area (Å²) in [6, 6.07) is 4.75. The molecular weight excluding hydrogens is 708 g/mol. The fraction of sp³-hybridized carbons (Fsp3) is 0.500. The molecule has 3 saturated heterocycles. The number of nitriles is 1. The van der Waals surface area contributed by atoms with E-state index >= 15 is 4.39 Å². The summed E-state index contributed by atoms with van der Waals surface area (Å²) < 4.78 is 90.2. The van der Waals surface area contributed by atoms with Crippen LogP contribution in [0, 0.1) is 28.9 Å². The first kappa shape index (κ1) is 38.9. The van der Waals surface area contributed by atoms with Crippen LogP contribution in [0.15, 0.2) is 18.2 Å². The molecule has 2 aromatic heterocycles. The Hall–Kier alpha value is -4.36. The molecule has 1 amide bonds. The van der Waals surface area contributed by atoms with Crippen molar-refractivity contribution in [1.29, 1.82) is 5.26 Å². The molecule has 52 heavy (non-hydrogen) atoms. The van der Waals surface area contributed by atoms with Crippen LogP contribution in [-0.4, -0.2) is 77.7 Å². The van der Waals surface area contributed by atoms with E-state index in [2.05, 4.69) is 20.2 Å². The minimum atomic E-state index is -5.00. The second-order valence-corrected chi connectivity index (χ2v) is 14.2. The Balaban J connectivity index is 0.000000221. The number of nitrogens with one attached hydrogen (secondary N) is 1. The Kier molecular flexibility index (Phi) is 12.0. The molecule has 7 rings (SSSR count). The summed E-state index contributed by atoms with van der Waals surface area (Å²) in [6.07, 6.45) is 0.202. The highest BCUT2D eigenvalue weighted by Gasteiger charge is 2.38. The summed E-state index contributed by atoms with van der Waals surface area (Å²) in [7, 11) is 1.23. The number of halogens is 6. The molecule has 4 aromatic rings. The number of carbonyl (C=O) groups excluding carboxylic acids is 1. The van der Waals surface area contributed by atoms with E-state index in [1.54, 1.807) is 13.0 Å². The number of ether oxygens (including phenoxy) is 1. The molecule has 0 saturated carbocycles. The van der Waals surface area contributed by atoms with E-state index in [4.69, 9.17) is 10.5 Å². The number of alkyl halides is 4. The van der Waals surface area contributed by atoms with Crippen LogP contribution in [0.4, 0.5) is 37.2 Å². The van der Waals surface area contributed by atoms with E-state index in [0.29, 0.717) is 29.8 Å². The zero-order chi connectivity index (χ0) is 37.9. The molecule has 0 bridgehead atoms. The number of nitrogen functional groups attached to an aromatic ring is 1. The lowest BCUT2D eigenvalue weighted by atomic mass is 9.92. The molecule has 16 heteroatoms. The van der Waals surface area contributed by atoms with E-state index in [1.165, 1.54) is 32.8 Å². The van der Waals surface area contributed by atoms with Crippen LogP contribution >= 0.6 is 11.3 Å². The van der Waals surface area contributed by atoms with Gasteiger partial charge in [-0.25, -0.2) is 13.2 Å². The molecule has 0 aliphatic carbocycles. The number of likely N-dealkylation sites (tertiary alicyclic amines) is 1. The van der Waals surface area contributed by atoms with Crippen molar-refractivity contribution in [2.75, 3.05) is 50.9 Å². The van der Waals surface area contributed by atoms with Crippen molar-refractivity contribution in [3.05, 3.63) is 41.0 Å². The van der Waals surface area contributed by atoms with Gasteiger partial charge in [-0.15, -0.1) is 11.3 Å². The number of anilines is 2. The molecule has 3 fully saturated rings. The zero-order valence-electron chi connectivity index (χ0n) is 29.3. The molecule has 2 unspecified atom stereocenters. The molecule has 3 N–H and O–H groups in total. The molecule has 280 valence electrons. The van der Waals surface area contributed by atoms with Crippen molar-refractivity contribution in [2.24, 2.45) is 5.92 Å². The zero-order valence-corrected chi connectivity index (χ0v) is 30.2. The number of amides is 1. The number of thiophene rings is 1. The quantitative estimate of drug-likeness (QED) is 0.196. The maximum atomic E-state index is 15.9. The Morgan fingerprint density at radius 1 is 1.17 bits per heavy atom. The average molecular weight is 750 g/mol. The second-order valence-electron chi connectivity index (χ2n) is 13.2. The lowest BCUT2D eigenvalue weighted by molar-refractivity contribution is -0.137. The van der Waals surface area contributed by atoms with E-state index in [0.717, 1.165) is 44.3 Å². The lowest BCUT2D eigenvalue weighted by Gasteiger charge is -2.18. The Morgan fingerprint density at radius 3 is 2.48 bits per heavy atom. The second kappa shape index (κ2) is 16.1. The highest BCUT2D eigenvalue weighted by molar-refractivity contribution is 7.23. The number of benzene rings is 2. The van der Waals surface area contributed by atoms with Gasteiger partial charge in [-0.2, -0.15) is 28.4 Å². The Bertz CT molecular complexity index is 1960. The normalized spacial score (nSPS) is 18.5. The van der Waals surface area contributed by atoms with Gasteiger partial charge in [0.1, 0.15) is 34.4 Å². The van der Waals surface area contributed by atoms with Gasteiger partial charge in [-0.1, -0.05) is 19.9 Å². The molecule has 2 atom stereocenters. The van der Waals surface area contributed by atoms with Gasteiger partial charge in [0.2, 0.25) is 5.91 Å². The van der Waals surface area contributed by atoms with E-state index in [1.807, 2.05) is 18.7 Å². The number of aromatic nitrogens is 2. The fourth-order valence-electron chi connectivity index (χ4n) is 6.92. The van der Waals surface area contributed by atoms with E-state index < -0.39 is 40.6 Å². The van der Waals surface area contributed by atoms with Crippen LogP contribution in [-0.2, 0) is 11.0 Å². The van der Waals surface area contributed by atoms with Gasteiger partial charge in [0.15, 0.2) is 5.82 Å². The number of methoxy groups -OCH3 is 1. The van der Waals surface area contributed by atoms with Crippen LogP contribution in [0.3, 0.4) is 0 Å². The first-order valence-corrected chi connectivity index (χ1v) is 18.0. The van der Waals surface area contributed by atoms with Crippen LogP contribution < -0.4 is 15.8 Å². The predicted molar refractivity (Wildman–Crippen MR) is 190 cm³/mol. The Labute approximate surface area is 301 Å². The topological polar surface area (TPSA) is 120 Å². The van der Waals surface area contributed by atoms with Crippen LogP contribution in [0.1, 0.15) is 64.0 Å². The van der Waals surface area contributed by atoms with Gasteiger partial charge in [0, 0.05) is 54.5 Å². The molecule has 5 heterocycles. The average Bonchev–Trinajstić information content (AvgIpc) is 3.90. The highest BCUT2D eigenvalue weighted by Crippen LogP contribution is 2.47. The molecule has 0 radical (unpaired) electrons. The first-order chi connectivity index (χ1) is 24.7. The number of nitrogens with zero attached hydrogens (tertiary/aromatic N) is 5. The van der Waals surface area contributed by atoms with Gasteiger partial charge in [0.25, 0.3) is 0 Å². The summed E-state index contributed by atoms with van der Waals surface area (Å²) >= 11 is 0.698. The number of hydrogen-bond acceptors (Lipinski definition) is 9.